The maximum Gasteiger partial charge on any atom is 0.183 e. The second-order valence-electron chi connectivity index (χ2n) is 8.06. The molecule has 1 aliphatic heterocycles. The summed E-state index contributed by atoms with van der Waals surface area (Å²) in [5, 5.41) is -0.547. The van der Waals surface area contributed by atoms with Crippen LogP contribution in [0, 0.1) is 11.7 Å². The molecule has 1 aliphatic rings. The molecule has 2 aromatic carbocycles. The van der Waals surface area contributed by atoms with Crippen LogP contribution in [0.1, 0.15) is 27.7 Å². The van der Waals surface area contributed by atoms with Crippen molar-refractivity contribution in [1.29, 1.82) is 0 Å². The Labute approximate surface area is 177 Å². The normalized spacial score (nSPS) is 18.7. The first-order valence-electron chi connectivity index (χ1n) is 9.72. The summed E-state index contributed by atoms with van der Waals surface area (Å²) in [6, 6.07) is 11.1. The summed E-state index contributed by atoms with van der Waals surface area (Å²) < 4.78 is 30.8. The Hall–Kier alpha value is -1.89. The third-order valence-corrected chi connectivity index (χ3v) is 6.20. The maximum atomic E-state index is 13.4. The fraction of sp³-hybridized carbons (Fsp3) is 0.409. The minimum absolute atomic E-state index is 0.143. The van der Waals surface area contributed by atoms with Crippen LogP contribution in [-0.2, 0) is 4.43 Å². The second-order valence-corrected chi connectivity index (χ2v) is 13.0. The van der Waals surface area contributed by atoms with Crippen molar-refractivity contribution in [1.82, 2.24) is 0 Å². The predicted molar refractivity (Wildman–Crippen MR) is 114 cm³/mol. The average molecular weight is 437 g/mol. The van der Waals surface area contributed by atoms with Crippen molar-refractivity contribution >= 4 is 25.7 Å². The van der Waals surface area contributed by atoms with Crippen LogP contribution in [0.4, 0.5) is 4.39 Å². The SMILES string of the molecule is C[Si](C)(C)OCCCOc1ccc2c(c1)OCC(C(=O)c1cccc(F)c1)C2Cl. The number of carbonyl (C=O) groups excluding carboxylic acids is 1. The van der Waals surface area contributed by atoms with Gasteiger partial charge in [0, 0.05) is 30.2 Å². The number of hydrogen-bond donors (Lipinski definition) is 0. The molecule has 0 radical (unpaired) electrons. The van der Waals surface area contributed by atoms with Gasteiger partial charge in [-0.05, 0) is 37.8 Å². The molecule has 4 nitrogen and oxygen atoms in total. The summed E-state index contributed by atoms with van der Waals surface area (Å²) in [5.41, 5.74) is 1.04. The smallest absolute Gasteiger partial charge is 0.183 e. The number of rotatable bonds is 8. The molecule has 0 saturated heterocycles. The van der Waals surface area contributed by atoms with Crippen LogP contribution in [0.3, 0.4) is 0 Å². The van der Waals surface area contributed by atoms with Crippen molar-refractivity contribution in [3.8, 4) is 11.5 Å². The molecule has 2 atom stereocenters. The fourth-order valence-electron chi connectivity index (χ4n) is 3.13. The van der Waals surface area contributed by atoms with Gasteiger partial charge in [0.25, 0.3) is 0 Å². The molecule has 0 saturated carbocycles. The number of halogens is 2. The highest BCUT2D eigenvalue weighted by Crippen LogP contribution is 2.42. The predicted octanol–water partition coefficient (Wildman–Crippen LogP) is 5.62. The van der Waals surface area contributed by atoms with Crippen molar-refractivity contribution in [2.75, 3.05) is 19.8 Å². The molecule has 3 rings (SSSR count). The van der Waals surface area contributed by atoms with E-state index in [9.17, 15) is 9.18 Å². The highest BCUT2D eigenvalue weighted by atomic mass is 35.5. The van der Waals surface area contributed by atoms with Crippen molar-refractivity contribution in [3.63, 3.8) is 0 Å². The van der Waals surface area contributed by atoms with Crippen molar-refractivity contribution in [2.24, 2.45) is 5.92 Å². The standard InChI is InChI=1S/C22H26ClFO4Si/c1-29(2,3)28-11-5-10-26-17-8-9-18-20(13-17)27-14-19(21(18)23)22(25)15-6-4-7-16(24)12-15/h4,6-9,12-13,19,21H,5,10-11,14H2,1-3H3. The Bertz CT molecular complexity index is 868. The third-order valence-electron chi connectivity index (χ3n) is 4.59. The van der Waals surface area contributed by atoms with Gasteiger partial charge in [0.15, 0.2) is 14.1 Å². The summed E-state index contributed by atoms with van der Waals surface area (Å²) in [5.74, 6) is 0.0603. The Morgan fingerprint density at radius 3 is 2.72 bits per heavy atom. The Kier molecular flexibility index (Phi) is 6.98. The van der Waals surface area contributed by atoms with Crippen LogP contribution in [-0.4, -0.2) is 33.9 Å². The first-order valence-corrected chi connectivity index (χ1v) is 13.6. The van der Waals surface area contributed by atoms with E-state index in [1.54, 1.807) is 12.1 Å². The van der Waals surface area contributed by atoms with E-state index in [2.05, 4.69) is 19.6 Å². The lowest BCUT2D eigenvalue weighted by Crippen LogP contribution is -2.30. The number of carbonyl (C=O) groups is 1. The van der Waals surface area contributed by atoms with Crippen molar-refractivity contribution < 1.29 is 23.1 Å². The Morgan fingerprint density at radius 2 is 2.00 bits per heavy atom. The largest absolute Gasteiger partial charge is 0.493 e. The van der Waals surface area contributed by atoms with E-state index in [0.29, 0.717) is 30.3 Å². The lowest BCUT2D eigenvalue weighted by molar-refractivity contribution is 0.0848. The van der Waals surface area contributed by atoms with E-state index in [-0.39, 0.29) is 12.4 Å². The van der Waals surface area contributed by atoms with Gasteiger partial charge in [-0.3, -0.25) is 4.79 Å². The summed E-state index contributed by atoms with van der Waals surface area (Å²) in [6.07, 6.45) is 0.810. The van der Waals surface area contributed by atoms with Crippen LogP contribution in [0.5, 0.6) is 11.5 Å². The molecule has 0 aromatic heterocycles. The average Bonchev–Trinajstić information content (AvgIpc) is 2.66. The molecule has 0 amide bonds. The molecule has 1 heterocycles. The summed E-state index contributed by atoms with van der Waals surface area (Å²) in [7, 11) is -1.50. The molecule has 0 fully saturated rings. The van der Waals surface area contributed by atoms with Gasteiger partial charge in [0.05, 0.1) is 17.9 Å². The quantitative estimate of drug-likeness (QED) is 0.233. The van der Waals surface area contributed by atoms with Gasteiger partial charge in [-0.25, -0.2) is 4.39 Å². The van der Waals surface area contributed by atoms with E-state index in [1.807, 2.05) is 12.1 Å². The molecule has 0 bridgehead atoms. The van der Waals surface area contributed by atoms with Crippen molar-refractivity contribution in [3.05, 3.63) is 59.4 Å². The number of ketones is 1. The molecular formula is C22H26ClFO4Si. The third kappa shape index (κ3) is 5.81. The molecule has 0 N–H and O–H groups in total. The topological polar surface area (TPSA) is 44.8 Å². The summed E-state index contributed by atoms with van der Waals surface area (Å²) in [4.78, 5) is 12.7. The first-order chi connectivity index (χ1) is 13.7. The van der Waals surface area contributed by atoms with Crippen molar-refractivity contribution in [2.45, 2.75) is 31.4 Å². The van der Waals surface area contributed by atoms with Gasteiger partial charge >= 0.3 is 0 Å². The molecular weight excluding hydrogens is 411 g/mol. The number of alkyl halides is 1. The molecule has 7 heteroatoms. The molecule has 0 spiro atoms. The maximum absolute atomic E-state index is 13.4. The molecule has 156 valence electrons. The molecule has 2 unspecified atom stereocenters. The van der Waals surface area contributed by atoms with Gasteiger partial charge in [-0.1, -0.05) is 18.2 Å². The Morgan fingerprint density at radius 1 is 1.21 bits per heavy atom. The number of ether oxygens (including phenoxy) is 2. The Balaban J connectivity index is 1.61. The summed E-state index contributed by atoms with van der Waals surface area (Å²) in [6.45, 7) is 7.85. The second kappa shape index (κ2) is 9.28. The van der Waals surface area contributed by atoms with E-state index >= 15 is 0 Å². The monoisotopic (exact) mass is 436 g/mol. The van der Waals surface area contributed by atoms with Gasteiger partial charge < -0.3 is 13.9 Å². The number of hydrogen-bond acceptors (Lipinski definition) is 4. The zero-order valence-corrected chi connectivity index (χ0v) is 18.7. The van der Waals surface area contributed by atoms with Crippen LogP contribution >= 0.6 is 11.6 Å². The fourth-order valence-corrected chi connectivity index (χ4v) is 4.25. The van der Waals surface area contributed by atoms with Gasteiger partial charge in [-0.2, -0.15) is 0 Å². The van der Waals surface area contributed by atoms with E-state index < -0.39 is 25.4 Å². The molecule has 29 heavy (non-hydrogen) atoms. The zero-order chi connectivity index (χ0) is 21.0. The number of benzene rings is 2. The van der Waals surface area contributed by atoms with Gasteiger partial charge in [0.2, 0.25) is 0 Å². The minimum atomic E-state index is -1.50. The molecule has 2 aromatic rings. The van der Waals surface area contributed by atoms with E-state index in [4.69, 9.17) is 25.5 Å². The van der Waals surface area contributed by atoms with Gasteiger partial charge in [-0.15, -0.1) is 11.6 Å². The lowest BCUT2D eigenvalue weighted by atomic mass is 9.89. The van der Waals surface area contributed by atoms with Crippen LogP contribution in [0.2, 0.25) is 19.6 Å². The van der Waals surface area contributed by atoms with Crippen LogP contribution in [0.25, 0.3) is 0 Å². The van der Waals surface area contributed by atoms with Gasteiger partial charge in [0.1, 0.15) is 23.9 Å². The minimum Gasteiger partial charge on any atom is -0.493 e. The number of fused-ring (bicyclic) bond motifs is 1. The first kappa shape index (κ1) is 21.8. The van der Waals surface area contributed by atoms with Crippen LogP contribution in [0.15, 0.2) is 42.5 Å². The highest BCUT2D eigenvalue weighted by molar-refractivity contribution is 6.69. The molecule has 0 aliphatic carbocycles. The van der Waals surface area contributed by atoms with Crippen LogP contribution < -0.4 is 9.47 Å². The zero-order valence-electron chi connectivity index (χ0n) is 16.9. The van der Waals surface area contributed by atoms with E-state index in [1.165, 1.54) is 18.2 Å². The summed E-state index contributed by atoms with van der Waals surface area (Å²) >= 11 is 6.59. The highest BCUT2D eigenvalue weighted by Gasteiger charge is 2.35. The van der Waals surface area contributed by atoms with E-state index in [0.717, 1.165) is 12.0 Å². The lowest BCUT2D eigenvalue weighted by Gasteiger charge is -2.29. The number of Topliss-reactive ketones (excluding diaryl/α,β-unsaturated/α-hetero) is 1.